The molecule has 158 valence electrons. The molecule has 0 spiro atoms. The fourth-order valence-electron chi connectivity index (χ4n) is 3.39. The second kappa shape index (κ2) is 10.8. The molecule has 5 nitrogen and oxygen atoms in total. The van der Waals surface area contributed by atoms with E-state index in [1.165, 1.54) is 11.3 Å². The Balaban J connectivity index is 2.23. The Morgan fingerprint density at radius 3 is 2.61 bits per heavy atom. The number of carbonyl (C=O) groups excluding carboxylic acids is 2. The minimum absolute atomic E-state index is 0.0602. The van der Waals surface area contributed by atoms with Gasteiger partial charge in [-0.1, -0.05) is 25.3 Å². The van der Waals surface area contributed by atoms with Crippen molar-refractivity contribution in [2.75, 3.05) is 19.8 Å². The Bertz CT molecular complexity index is 616. The number of halogens is 3. The van der Waals surface area contributed by atoms with E-state index in [0.29, 0.717) is 16.4 Å². The molecule has 9 heteroatoms. The van der Waals surface area contributed by atoms with Crippen LogP contribution in [0.25, 0.3) is 0 Å². The second-order valence-corrected chi connectivity index (χ2v) is 7.79. The molecule has 0 saturated heterocycles. The van der Waals surface area contributed by atoms with Gasteiger partial charge in [-0.3, -0.25) is 9.59 Å². The number of nitrogens with zero attached hydrogens (tertiary/aromatic N) is 1. The Morgan fingerprint density at radius 1 is 1.32 bits per heavy atom. The van der Waals surface area contributed by atoms with Crippen molar-refractivity contribution in [3.05, 3.63) is 22.4 Å². The van der Waals surface area contributed by atoms with E-state index in [2.05, 4.69) is 5.32 Å². The van der Waals surface area contributed by atoms with Crippen molar-refractivity contribution in [3.8, 4) is 0 Å². The summed E-state index contributed by atoms with van der Waals surface area (Å²) in [6.45, 7) is 2.23. The number of thiophene rings is 1. The molecule has 1 N–H and O–H groups in total. The van der Waals surface area contributed by atoms with E-state index < -0.39 is 24.0 Å². The average molecular weight is 420 g/mol. The van der Waals surface area contributed by atoms with E-state index in [1.54, 1.807) is 24.4 Å². The summed E-state index contributed by atoms with van der Waals surface area (Å²) in [5.41, 5.74) is 0. The molecule has 28 heavy (non-hydrogen) atoms. The van der Waals surface area contributed by atoms with Crippen LogP contribution in [0.3, 0.4) is 0 Å². The zero-order valence-electron chi connectivity index (χ0n) is 16.0. The number of nitrogens with one attached hydrogen (secondary N) is 1. The van der Waals surface area contributed by atoms with Crippen LogP contribution >= 0.6 is 11.3 Å². The van der Waals surface area contributed by atoms with E-state index >= 15 is 0 Å². The molecular formula is C19H27F3N2O3S. The number of rotatable bonds is 9. The summed E-state index contributed by atoms with van der Waals surface area (Å²) >= 11 is 1.17. The highest BCUT2D eigenvalue weighted by atomic mass is 32.1. The highest BCUT2D eigenvalue weighted by Gasteiger charge is 2.46. The maximum atomic E-state index is 13.2. The van der Waals surface area contributed by atoms with Crippen molar-refractivity contribution in [2.45, 2.75) is 63.7 Å². The molecule has 1 saturated carbocycles. The predicted molar refractivity (Wildman–Crippen MR) is 101 cm³/mol. The highest BCUT2D eigenvalue weighted by Crippen LogP contribution is 2.31. The topological polar surface area (TPSA) is 58.6 Å². The standard InChI is InChI=1S/C19H27F3N2O3S/c1-2-27-12-7-11-24(18(26)19(20,21)22)16(15-10-6-13-28-15)17(25)23-14-8-4-3-5-9-14/h6,10,13-14,16H,2-5,7-9,11-12H2,1H3,(H,23,25). The van der Waals surface area contributed by atoms with Crippen LogP contribution < -0.4 is 5.32 Å². The Kier molecular flexibility index (Phi) is 8.75. The smallest absolute Gasteiger partial charge is 0.382 e. The minimum atomic E-state index is -5.05. The Labute approximate surface area is 167 Å². The van der Waals surface area contributed by atoms with Gasteiger partial charge in [0.1, 0.15) is 6.04 Å². The van der Waals surface area contributed by atoms with Gasteiger partial charge in [0.25, 0.3) is 0 Å². The first-order chi connectivity index (χ1) is 13.3. The van der Waals surface area contributed by atoms with Crippen molar-refractivity contribution in [1.82, 2.24) is 10.2 Å². The van der Waals surface area contributed by atoms with E-state index in [-0.39, 0.29) is 25.6 Å². The number of ether oxygens (including phenoxy) is 1. The highest BCUT2D eigenvalue weighted by molar-refractivity contribution is 7.10. The third-order valence-electron chi connectivity index (χ3n) is 4.72. The summed E-state index contributed by atoms with van der Waals surface area (Å²) in [5, 5.41) is 4.56. The average Bonchev–Trinajstić information content (AvgIpc) is 3.17. The molecule has 0 radical (unpaired) electrons. The molecule has 1 fully saturated rings. The lowest BCUT2D eigenvalue weighted by molar-refractivity contribution is -0.189. The van der Waals surface area contributed by atoms with Gasteiger partial charge in [0.15, 0.2) is 0 Å². The minimum Gasteiger partial charge on any atom is -0.382 e. The van der Waals surface area contributed by atoms with E-state index in [4.69, 9.17) is 4.74 Å². The first kappa shape index (κ1) is 22.7. The van der Waals surface area contributed by atoms with Gasteiger partial charge in [-0.05, 0) is 37.6 Å². The van der Waals surface area contributed by atoms with Crippen LogP contribution in [-0.4, -0.2) is 48.7 Å². The zero-order valence-corrected chi connectivity index (χ0v) is 16.8. The SMILES string of the molecule is CCOCCCN(C(=O)C(F)(F)F)C(C(=O)NC1CCCCC1)c1cccs1. The van der Waals surface area contributed by atoms with Gasteiger partial charge in [-0.25, -0.2) is 0 Å². The predicted octanol–water partition coefficient (Wildman–Crippen LogP) is 4.06. The maximum Gasteiger partial charge on any atom is 0.471 e. The monoisotopic (exact) mass is 420 g/mol. The van der Waals surface area contributed by atoms with Gasteiger partial charge in [-0.2, -0.15) is 13.2 Å². The third-order valence-corrected chi connectivity index (χ3v) is 5.64. The fourth-order valence-corrected chi connectivity index (χ4v) is 4.22. The number of alkyl halides is 3. The molecule has 0 aromatic carbocycles. The summed E-state index contributed by atoms with van der Waals surface area (Å²) in [4.78, 5) is 26.2. The van der Waals surface area contributed by atoms with Gasteiger partial charge >= 0.3 is 12.1 Å². The Morgan fingerprint density at radius 2 is 2.04 bits per heavy atom. The molecule has 2 amide bonds. The van der Waals surface area contributed by atoms with Crippen molar-refractivity contribution in [3.63, 3.8) is 0 Å². The first-order valence-corrected chi connectivity index (χ1v) is 10.5. The van der Waals surface area contributed by atoms with Crippen LogP contribution in [0.1, 0.15) is 56.4 Å². The number of carbonyl (C=O) groups is 2. The molecule has 2 rings (SSSR count). The van der Waals surface area contributed by atoms with Gasteiger partial charge in [0, 0.05) is 30.7 Å². The zero-order chi connectivity index (χ0) is 20.6. The number of hydrogen-bond acceptors (Lipinski definition) is 4. The van der Waals surface area contributed by atoms with Crippen LogP contribution in [0.15, 0.2) is 17.5 Å². The van der Waals surface area contributed by atoms with E-state index in [0.717, 1.165) is 32.1 Å². The van der Waals surface area contributed by atoms with Gasteiger partial charge in [0.05, 0.1) is 0 Å². The van der Waals surface area contributed by atoms with Gasteiger partial charge in [0.2, 0.25) is 5.91 Å². The summed E-state index contributed by atoms with van der Waals surface area (Å²) < 4.78 is 44.9. The molecular weight excluding hydrogens is 393 g/mol. The molecule has 1 atom stereocenters. The molecule has 1 heterocycles. The third kappa shape index (κ3) is 6.48. The molecule has 1 unspecified atom stereocenters. The quantitative estimate of drug-likeness (QED) is 0.613. The van der Waals surface area contributed by atoms with E-state index in [1.807, 2.05) is 0 Å². The van der Waals surface area contributed by atoms with Crippen molar-refractivity contribution >= 4 is 23.2 Å². The van der Waals surface area contributed by atoms with Crippen LogP contribution in [0.5, 0.6) is 0 Å². The van der Waals surface area contributed by atoms with Crippen molar-refractivity contribution in [2.24, 2.45) is 0 Å². The molecule has 1 aromatic rings. The summed E-state index contributed by atoms with van der Waals surface area (Å²) in [6.07, 6.45) is -0.166. The number of hydrogen-bond donors (Lipinski definition) is 1. The van der Waals surface area contributed by atoms with Gasteiger partial charge in [-0.15, -0.1) is 11.3 Å². The lowest BCUT2D eigenvalue weighted by atomic mass is 9.95. The van der Waals surface area contributed by atoms with Crippen LogP contribution in [-0.2, 0) is 14.3 Å². The molecule has 1 aliphatic rings. The largest absolute Gasteiger partial charge is 0.471 e. The van der Waals surface area contributed by atoms with E-state index in [9.17, 15) is 22.8 Å². The molecule has 1 aliphatic carbocycles. The summed E-state index contributed by atoms with van der Waals surface area (Å²) in [7, 11) is 0. The lowest BCUT2D eigenvalue weighted by Crippen LogP contribution is -2.50. The van der Waals surface area contributed by atoms with Crippen LogP contribution in [0, 0.1) is 0 Å². The maximum absolute atomic E-state index is 13.2. The van der Waals surface area contributed by atoms with Crippen molar-refractivity contribution in [1.29, 1.82) is 0 Å². The second-order valence-electron chi connectivity index (χ2n) is 6.81. The fraction of sp³-hybridized carbons (Fsp3) is 0.684. The molecule has 1 aromatic heterocycles. The lowest BCUT2D eigenvalue weighted by Gasteiger charge is -2.33. The molecule has 0 bridgehead atoms. The van der Waals surface area contributed by atoms with Crippen LogP contribution in [0.2, 0.25) is 0 Å². The number of amides is 2. The Hall–Kier alpha value is -1.61. The van der Waals surface area contributed by atoms with Crippen LogP contribution in [0.4, 0.5) is 13.2 Å². The summed E-state index contributed by atoms with van der Waals surface area (Å²) in [5.74, 6) is -2.55. The molecule has 0 aliphatic heterocycles. The first-order valence-electron chi connectivity index (χ1n) is 9.64. The van der Waals surface area contributed by atoms with Gasteiger partial charge < -0.3 is 15.0 Å². The summed E-state index contributed by atoms with van der Waals surface area (Å²) in [6, 6.07) is 1.90. The normalized spacial score (nSPS) is 16.6. The van der Waals surface area contributed by atoms with Crippen molar-refractivity contribution < 1.29 is 27.5 Å².